The summed E-state index contributed by atoms with van der Waals surface area (Å²) in [7, 11) is -3.74. The molecule has 0 saturated heterocycles. The highest BCUT2D eigenvalue weighted by molar-refractivity contribution is 7.54. The number of benzene rings is 2. The van der Waals surface area contributed by atoms with Gasteiger partial charge in [-0.2, -0.15) is 0 Å². The van der Waals surface area contributed by atoms with Crippen molar-refractivity contribution in [3.8, 4) is 5.75 Å². The summed E-state index contributed by atoms with van der Waals surface area (Å²) in [6.07, 6.45) is 0. The molecule has 28 heavy (non-hydrogen) atoms. The predicted octanol–water partition coefficient (Wildman–Crippen LogP) is 5.38. The number of fused-ring (bicyclic) bond motifs is 3. The van der Waals surface area contributed by atoms with Crippen molar-refractivity contribution < 1.29 is 27.9 Å². The molecule has 7 heteroatoms. The predicted molar refractivity (Wildman–Crippen MR) is 108 cm³/mol. The van der Waals surface area contributed by atoms with E-state index in [0.29, 0.717) is 23.7 Å². The van der Waals surface area contributed by atoms with Crippen molar-refractivity contribution in [2.24, 2.45) is 0 Å². The maximum absolute atomic E-state index is 13.9. The number of rotatable bonds is 7. The standard InChI is InChI=1S/C21H25O6P/c1-5-24-14(4)18-20(28(23,25-6-2)26-7-3)19-16-11-9-8-10-15(16)12-13-17(19)27-21(18)22/h8-13,20H,5-7H2,1-4H3/b18-14+. The zero-order valence-corrected chi connectivity index (χ0v) is 17.5. The van der Waals surface area contributed by atoms with Gasteiger partial charge in [0.2, 0.25) is 0 Å². The van der Waals surface area contributed by atoms with Crippen molar-refractivity contribution in [3.05, 3.63) is 53.3 Å². The number of carbonyl (C=O) groups is 1. The summed E-state index contributed by atoms with van der Waals surface area (Å²) < 4.78 is 36.4. The van der Waals surface area contributed by atoms with Gasteiger partial charge in [0, 0.05) is 5.56 Å². The van der Waals surface area contributed by atoms with Crippen LogP contribution < -0.4 is 4.74 Å². The van der Waals surface area contributed by atoms with Crippen LogP contribution in [0.3, 0.4) is 0 Å². The monoisotopic (exact) mass is 404 g/mol. The van der Waals surface area contributed by atoms with Crippen LogP contribution in [0.5, 0.6) is 5.75 Å². The highest BCUT2D eigenvalue weighted by Crippen LogP contribution is 2.67. The summed E-state index contributed by atoms with van der Waals surface area (Å²) in [5.41, 5.74) is -0.130. The molecule has 0 spiro atoms. The molecule has 0 amide bonds. The summed E-state index contributed by atoms with van der Waals surface area (Å²) >= 11 is 0. The molecule has 1 aliphatic rings. The molecule has 1 heterocycles. The Balaban J connectivity index is 2.38. The number of carbonyl (C=O) groups excluding carboxylic acids is 1. The minimum absolute atomic E-state index is 0.177. The third-order valence-corrected chi connectivity index (χ3v) is 6.96. The topological polar surface area (TPSA) is 71.1 Å². The molecule has 1 unspecified atom stereocenters. The quantitative estimate of drug-likeness (QED) is 0.203. The van der Waals surface area contributed by atoms with Crippen LogP contribution in [0.25, 0.3) is 10.8 Å². The van der Waals surface area contributed by atoms with Crippen LogP contribution in [0.2, 0.25) is 0 Å². The van der Waals surface area contributed by atoms with E-state index in [2.05, 4.69) is 0 Å². The van der Waals surface area contributed by atoms with Crippen LogP contribution in [0.15, 0.2) is 47.7 Å². The number of hydrogen-bond donors (Lipinski definition) is 0. The molecule has 0 radical (unpaired) electrons. The minimum atomic E-state index is -3.74. The SMILES string of the molecule is CCO/C(C)=C1/C(=O)Oc2ccc3ccccc3c2C1P(=O)(OCC)OCC. The van der Waals surface area contributed by atoms with Crippen LogP contribution in [0, 0.1) is 0 Å². The van der Waals surface area contributed by atoms with Gasteiger partial charge in [-0.15, -0.1) is 0 Å². The number of allylic oxidation sites excluding steroid dienone is 1. The summed E-state index contributed by atoms with van der Waals surface area (Å²) in [5, 5.41) is 1.77. The highest BCUT2D eigenvalue weighted by atomic mass is 31.2. The number of esters is 1. The summed E-state index contributed by atoms with van der Waals surface area (Å²) in [6.45, 7) is 7.72. The molecule has 1 aliphatic heterocycles. The van der Waals surface area contributed by atoms with Gasteiger partial charge >= 0.3 is 13.6 Å². The van der Waals surface area contributed by atoms with E-state index in [-0.39, 0.29) is 18.8 Å². The maximum atomic E-state index is 13.9. The molecule has 0 N–H and O–H groups in total. The lowest BCUT2D eigenvalue weighted by Gasteiger charge is -2.33. The molecule has 0 saturated carbocycles. The Kier molecular flexibility index (Phi) is 6.23. The van der Waals surface area contributed by atoms with Gasteiger partial charge in [-0.3, -0.25) is 4.57 Å². The van der Waals surface area contributed by atoms with E-state index in [1.54, 1.807) is 26.8 Å². The molecule has 150 valence electrons. The van der Waals surface area contributed by atoms with Gasteiger partial charge in [-0.05, 0) is 44.5 Å². The largest absolute Gasteiger partial charge is 0.498 e. The van der Waals surface area contributed by atoms with Gasteiger partial charge in [0.15, 0.2) is 0 Å². The second-order valence-corrected chi connectivity index (χ2v) is 8.38. The molecular formula is C21H25O6P. The van der Waals surface area contributed by atoms with Crippen molar-refractivity contribution in [3.63, 3.8) is 0 Å². The Morgan fingerprint density at radius 3 is 2.36 bits per heavy atom. The minimum Gasteiger partial charge on any atom is -0.498 e. The van der Waals surface area contributed by atoms with Gasteiger partial charge in [0.1, 0.15) is 17.2 Å². The van der Waals surface area contributed by atoms with E-state index in [1.165, 1.54) is 0 Å². The van der Waals surface area contributed by atoms with E-state index < -0.39 is 19.2 Å². The first-order valence-corrected chi connectivity index (χ1v) is 11.0. The summed E-state index contributed by atoms with van der Waals surface area (Å²) in [6, 6.07) is 11.3. The van der Waals surface area contributed by atoms with Gasteiger partial charge in [0.25, 0.3) is 0 Å². The Bertz CT molecular complexity index is 955. The lowest BCUT2D eigenvalue weighted by Crippen LogP contribution is -2.27. The Labute approximate surface area is 165 Å². The molecule has 2 aromatic carbocycles. The van der Waals surface area contributed by atoms with E-state index in [0.717, 1.165) is 10.8 Å². The van der Waals surface area contributed by atoms with Crippen molar-refractivity contribution in [1.82, 2.24) is 0 Å². The van der Waals surface area contributed by atoms with Crippen molar-refractivity contribution >= 4 is 24.3 Å². The molecule has 0 bridgehead atoms. The zero-order valence-electron chi connectivity index (χ0n) is 16.6. The second-order valence-electron chi connectivity index (χ2n) is 6.27. The third kappa shape index (κ3) is 3.60. The fourth-order valence-electron chi connectivity index (χ4n) is 3.55. The van der Waals surface area contributed by atoms with Gasteiger partial charge in [0.05, 0.1) is 25.4 Å². The molecule has 0 aliphatic carbocycles. The van der Waals surface area contributed by atoms with E-state index in [4.69, 9.17) is 18.5 Å². The first-order chi connectivity index (χ1) is 13.5. The third-order valence-electron chi connectivity index (χ3n) is 4.57. The number of hydrogen-bond acceptors (Lipinski definition) is 6. The number of ether oxygens (including phenoxy) is 2. The van der Waals surface area contributed by atoms with Crippen molar-refractivity contribution in [2.75, 3.05) is 19.8 Å². The van der Waals surface area contributed by atoms with Crippen LogP contribution >= 0.6 is 7.60 Å². The van der Waals surface area contributed by atoms with Gasteiger partial charge in [-0.1, -0.05) is 30.3 Å². The molecular weight excluding hydrogens is 379 g/mol. The Hall–Kier alpha value is -2.14. The fraction of sp³-hybridized carbons (Fsp3) is 0.381. The molecule has 0 fully saturated rings. The maximum Gasteiger partial charge on any atom is 0.344 e. The normalized spacial score (nSPS) is 18.6. The molecule has 3 rings (SSSR count). The van der Waals surface area contributed by atoms with E-state index in [9.17, 15) is 9.36 Å². The summed E-state index contributed by atoms with van der Waals surface area (Å²) in [4.78, 5) is 12.9. The van der Waals surface area contributed by atoms with Crippen LogP contribution in [0.4, 0.5) is 0 Å². The molecule has 0 aromatic heterocycles. The van der Waals surface area contributed by atoms with Gasteiger partial charge in [-0.25, -0.2) is 4.79 Å². The first kappa shape index (κ1) is 20.6. The smallest absolute Gasteiger partial charge is 0.344 e. The van der Waals surface area contributed by atoms with E-state index >= 15 is 0 Å². The van der Waals surface area contributed by atoms with Crippen molar-refractivity contribution in [2.45, 2.75) is 33.4 Å². The lowest BCUT2D eigenvalue weighted by atomic mass is 9.94. The fourth-order valence-corrected chi connectivity index (χ4v) is 5.83. The van der Waals surface area contributed by atoms with Crippen LogP contribution in [-0.4, -0.2) is 25.8 Å². The van der Waals surface area contributed by atoms with Gasteiger partial charge < -0.3 is 18.5 Å². The Morgan fingerprint density at radius 1 is 1.04 bits per heavy atom. The average Bonchev–Trinajstić information content (AvgIpc) is 2.67. The highest BCUT2D eigenvalue weighted by Gasteiger charge is 2.49. The zero-order chi connectivity index (χ0) is 20.3. The molecule has 1 atom stereocenters. The Morgan fingerprint density at radius 2 is 1.71 bits per heavy atom. The molecule has 2 aromatic rings. The molecule has 6 nitrogen and oxygen atoms in total. The van der Waals surface area contributed by atoms with Crippen LogP contribution in [0.1, 0.15) is 38.9 Å². The van der Waals surface area contributed by atoms with E-state index in [1.807, 2.05) is 37.3 Å². The lowest BCUT2D eigenvalue weighted by molar-refractivity contribution is -0.131. The first-order valence-electron chi connectivity index (χ1n) is 9.43. The van der Waals surface area contributed by atoms with Crippen LogP contribution in [-0.2, 0) is 23.1 Å². The summed E-state index contributed by atoms with van der Waals surface area (Å²) in [5.74, 6) is 0.121. The second kappa shape index (κ2) is 8.48. The van der Waals surface area contributed by atoms with Crippen molar-refractivity contribution in [1.29, 1.82) is 0 Å². The average molecular weight is 404 g/mol.